The van der Waals surface area contributed by atoms with E-state index in [0.29, 0.717) is 51.3 Å². The van der Waals surface area contributed by atoms with Gasteiger partial charge in [-0.15, -0.1) is 0 Å². The van der Waals surface area contributed by atoms with Gasteiger partial charge in [-0.1, -0.05) is 11.6 Å². The number of nitrogens with one attached hydrogen (secondary N) is 4. The second kappa shape index (κ2) is 9.05. The zero-order chi connectivity index (χ0) is 22.8. The number of carbonyl (C=O) groups excluding carboxylic acids is 2. The van der Waals surface area contributed by atoms with Crippen LogP contribution in [-0.4, -0.2) is 39.9 Å². The quantitative estimate of drug-likeness (QED) is 0.341. The maximum absolute atomic E-state index is 12.3. The Bertz CT molecular complexity index is 1310. The lowest BCUT2D eigenvalue weighted by atomic mass is 10.0. The molecule has 2 amide bonds. The second-order valence-corrected chi connectivity index (χ2v) is 8.32. The van der Waals surface area contributed by atoms with Crippen molar-refractivity contribution < 1.29 is 14.0 Å². The van der Waals surface area contributed by atoms with Gasteiger partial charge in [-0.3, -0.25) is 9.59 Å². The van der Waals surface area contributed by atoms with E-state index in [4.69, 9.17) is 16.0 Å². The van der Waals surface area contributed by atoms with Crippen LogP contribution in [0.1, 0.15) is 23.4 Å². The molecular formula is C23H21ClN6O3. The van der Waals surface area contributed by atoms with E-state index in [2.05, 4.69) is 30.9 Å². The molecule has 0 saturated carbocycles. The van der Waals surface area contributed by atoms with E-state index in [0.717, 1.165) is 19.5 Å². The van der Waals surface area contributed by atoms with Crippen LogP contribution in [0.5, 0.6) is 0 Å². The Kier molecular flexibility index (Phi) is 5.80. The first kappa shape index (κ1) is 21.2. The highest BCUT2D eigenvalue weighted by molar-refractivity contribution is 6.33. The van der Waals surface area contributed by atoms with Gasteiger partial charge < -0.3 is 25.4 Å². The molecule has 1 atom stereocenters. The maximum atomic E-state index is 12.3. The average molecular weight is 465 g/mol. The Balaban J connectivity index is 1.35. The highest BCUT2D eigenvalue weighted by Crippen LogP contribution is 2.30. The number of fused-ring (bicyclic) bond motifs is 1. The Hall–Kier alpha value is -3.69. The van der Waals surface area contributed by atoms with Crippen LogP contribution >= 0.6 is 11.6 Å². The minimum atomic E-state index is -0.367. The molecule has 0 spiro atoms. The van der Waals surface area contributed by atoms with Crippen molar-refractivity contribution in [3.8, 4) is 11.4 Å². The van der Waals surface area contributed by atoms with Crippen molar-refractivity contribution in [2.45, 2.75) is 12.8 Å². The summed E-state index contributed by atoms with van der Waals surface area (Å²) in [5.74, 6) is 0.666. The first-order valence-corrected chi connectivity index (χ1v) is 10.9. The van der Waals surface area contributed by atoms with Crippen molar-refractivity contribution in [1.29, 1.82) is 0 Å². The van der Waals surface area contributed by atoms with Crippen molar-refractivity contribution in [1.82, 2.24) is 20.3 Å². The number of pyridine rings is 1. The molecule has 3 aromatic heterocycles. The number of rotatable bonds is 6. The summed E-state index contributed by atoms with van der Waals surface area (Å²) in [5.41, 5.74) is 2.89. The fraction of sp³-hybridized carbons (Fsp3) is 0.217. The summed E-state index contributed by atoms with van der Waals surface area (Å²) < 4.78 is 5.12. The first-order valence-electron chi connectivity index (χ1n) is 10.6. The molecule has 1 fully saturated rings. The third kappa shape index (κ3) is 4.74. The van der Waals surface area contributed by atoms with Gasteiger partial charge in [0.05, 0.1) is 28.7 Å². The molecule has 0 aliphatic carbocycles. The van der Waals surface area contributed by atoms with Crippen LogP contribution in [0.4, 0.5) is 11.4 Å². The highest BCUT2D eigenvalue weighted by atomic mass is 35.5. The lowest BCUT2D eigenvalue weighted by Crippen LogP contribution is -2.18. The molecule has 0 bridgehead atoms. The molecular weight excluding hydrogens is 444 g/mol. The SMILES string of the molecule is O=C(CC1CCNC1)Nc1cnc2nc(-c3cc(NC(=O)c4ccco4)ccc3Cl)[nH]c2c1. The van der Waals surface area contributed by atoms with Crippen LogP contribution in [0.15, 0.2) is 53.3 Å². The molecule has 0 radical (unpaired) electrons. The van der Waals surface area contributed by atoms with Crippen molar-refractivity contribution >= 4 is 46.0 Å². The Labute approximate surface area is 193 Å². The number of amides is 2. The van der Waals surface area contributed by atoms with E-state index < -0.39 is 0 Å². The Morgan fingerprint density at radius 2 is 2.09 bits per heavy atom. The van der Waals surface area contributed by atoms with E-state index in [1.165, 1.54) is 6.26 Å². The molecule has 1 aromatic carbocycles. The predicted molar refractivity (Wildman–Crippen MR) is 125 cm³/mol. The van der Waals surface area contributed by atoms with Gasteiger partial charge in [-0.2, -0.15) is 0 Å². The van der Waals surface area contributed by atoms with Gasteiger partial charge in [-0.25, -0.2) is 9.97 Å². The van der Waals surface area contributed by atoms with Crippen LogP contribution in [-0.2, 0) is 4.79 Å². The molecule has 4 N–H and O–H groups in total. The highest BCUT2D eigenvalue weighted by Gasteiger charge is 2.19. The van der Waals surface area contributed by atoms with Gasteiger partial charge in [0.1, 0.15) is 5.82 Å². The third-order valence-electron chi connectivity index (χ3n) is 5.48. The number of halogens is 1. The summed E-state index contributed by atoms with van der Waals surface area (Å²) in [5, 5.41) is 9.41. The number of nitrogens with zero attached hydrogens (tertiary/aromatic N) is 2. The largest absolute Gasteiger partial charge is 0.459 e. The number of hydrogen-bond acceptors (Lipinski definition) is 6. The molecule has 1 unspecified atom stereocenters. The van der Waals surface area contributed by atoms with Gasteiger partial charge in [0.2, 0.25) is 5.91 Å². The Morgan fingerprint density at radius 3 is 2.88 bits per heavy atom. The number of imidazole rings is 1. The minimum Gasteiger partial charge on any atom is -0.459 e. The average Bonchev–Trinajstić information content (AvgIpc) is 3.56. The molecule has 33 heavy (non-hydrogen) atoms. The zero-order valence-corrected chi connectivity index (χ0v) is 18.3. The van der Waals surface area contributed by atoms with E-state index in [1.807, 2.05) is 0 Å². The lowest BCUT2D eigenvalue weighted by Gasteiger charge is -2.08. The molecule has 9 nitrogen and oxygen atoms in total. The summed E-state index contributed by atoms with van der Waals surface area (Å²) >= 11 is 6.40. The van der Waals surface area contributed by atoms with Crippen LogP contribution < -0.4 is 16.0 Å². The summed E-state index contributed by atoms with van der Waals surface area (Å²) in [7, 11) is 0. The van der Waals surface area contributed by atoms with Crippen LogP contribution in [0, 0.1) is 5.92 Å². The van der Waals surface area contributed by atoms with Crippen molar-refractivity contribution in [3.05, 3.63) is 59.6 Å². The number of H-pyrrole nitrogens is 1. The van der Waals surface area contributed by atoms with E-state index in [1.54, 1.807) is 42.6 Å². The maximum Gasteiger partial charge on any atom is 0.291 e. The molecule has 5 rings (SSSR count). The first-order chi connectivity index (χ1) is 16.0. The standard InChI is InChI=1S/C23H21ClN6O3/c24-17-4-3-14(28-23(32)19-2-1-7-33-19)9-16(17)21-29-18-10-15(12-26-22(18)30-21)27-20(31)8-13-5-6-25-11-13/h1-4,7,9-10,12-13,25H,5-6,8,11H2,(H,27,31)(H,28,32)(H,26,29,30). The number of aromatic amines is 1. The van der Waals surface area contributed by atoms with E-state index >= 15 is 0 Å². The van der Waals surface area contributed by atoms with Crippen LogP contribution in [0.25, 0.3) is 22.6 Å². The number of hydrogen-bond donors (Lipinski definition) is 4. The monoisotopic (exact) mass is 464 g/mol. The van der Waals surface area contributed by atoms with Crippen molar-refractivity contribution in [3.63, 3.8) is 0 Å². The van der Waals surface area contributed by atoms with E-state index in [9.17, 15) is 9.59 Å². The molecule has 4 heterocycles. The summed E-state index contributed by atoms with van der Waals surface area (Å²) in [6, 6.07) is 10.1. The number of aromatic nitrogens is 3. The van der Waals surface area contributed by atoms with E-state index in [-0.39, 0.29) is 17.6 Å². The molecule has 1 aliphatic heterocycles. The lowest BCUT2D eigenvalue weighted by molar-refractivity contribution is -0.116. The van der Waals surface area contributed by atoms with Gasteiger partial charge in [0.15, 0.2) is 11.4 Å². The normalized spacial score (nSPS) is 15.6. The molecule has 168 valence electrons. The fourth-order valence-electron chi connectivity index (χ4n) is 3.84. The third-order valence-corrected chi connectivity index (χ3v) is 5.81. The van der Waals surface area contributed by atoms with Gasteiger partial charge in [0.25, 0.3) is 5.91 Å². The zero-order valence-electron chi connectivity index (χ0n) is 17.5. The molecule has 1 aliphatic rings. The smallest absolute Gasteiger partial charge is 0.291 e. The summed E-state index contributed by atoms with van der Waals surface area (Å²) in [6.07, 6.45) is 4.51. The van der Waals surface area contributed by atoms with Crippen molar-refractivity contribution in [2.24, 2.45) is 5.92 Å². The minimum absolute atomic E-state index is 0.0346. The van der Waals surface area contributed by atoms with Crippen LogP contribution in [0.3, 0.4) is 0 Å². The van der Waals surface area contributed by atoms with Gasteiger partial charge in [-0.05, 0) is 61.8 Å². The Morgan fingerprint density at radius 1 is 1.18 bits per heavy atom. The number of anilines is 2. The fourth-order valence-corrected chi connectivity index (χ4v) is 4.05. The van der Waals surface area contributed by atoms with Gasteiger partial charge in [0, 0.05) is 17.7 Å². The van der Waals surface area contributed by atoms with Crippen molar-refractivity contribution in [2.75, 3.05) is 23.7 Å². The predicted octanol–water partition coefficient (Wildman–Crippen LogP) is 4.06. The van der Waals surface area contributed by atoms with Gasteiger partial charge >= 0.3 is 0 Å². The second-order valence-electron chi connectivity index (χ2n) is 7.92. The van der Waals surface area contributed by atoms with Crippen LogP contribution in [0.2, 0.25) is 5.02 Å². The topological polar surface area (TPSA) is 125 Å². The molecule has 4 aromatic rings. The molecule has 10 heteroatoms. The number of furan rings is 1. The summed E-state index contributed by atoms with van der Waals surface area (Å²) in [6.45, 7) is 1.83. The number of benzene rings is 1. The number of carbonyl (C=O) groups is 2. The summed E-state index contributed by atoms with van der Waals surface area (Å²) in [4.78, 5) is 36.7. The molecule has 1 saturated heterocycles.